The maximum atomic E-state index is 13.2. The van der Waals surface area contributed by atoms with Gasteiger partial charge in [0.15, 0.2) is 5.78 Å². The van der Waals surface area contributed by atoms with E-state index in [2.05, 4.69) is 15.5 Å². The number of rotatable bonds is 10. The summed E-state index contributed by atoms with van der Waals surface area (Å²) in [6, 6.07) is 14.4. The second-order valence-corrected chi connectivity index (χ2v) is 7.67. The van der Waals surface area contributed by atoms with Crippen molar-refractivity contribution in [1.29, 1.82) is 0 Å². The molecule has 1 heterocycles. The van der Waals surface area contributed by atoms with Crippen molar-refractivity contribution < 1.29 is 19.1 Å². The van der Waals surface area contributed by atoms with Gasteiger partial charge in [0, 0.05) is 37.9 Å². The van der Waals surface area contributed by atoms with Gasteiger partial charge >= 0.3 is 0 Å². The zero-order valence-corrected chi connectivity index (χ0v) is 18.7. The fraction of sp³-hybridized carbons (Fsp3) is 0.360. The number of carbonyl (C=O) groups is 2. The summed E-state index contributed by atoms with van der Waals surface area (Å²) in [5, 5.41) is 6.39. The molecule has 0 spiro atoms. The molecule has 3 rings (SSSR count). The number of hydrogen-bond donors (Lipinski definition) is 2. The van der Waals surface area contributed by atoms with Crippen LogP contribution in [0.15, 0.2) is 54.6 Å². The van der Waals surface area contributed by atoms with E-state index < -0.39 is 6.04 Å². The first-order chi connectivity index (χ1) is 15.5. The van der Waals surface area contributed by atoms with E-state index in [4.69, 9.17) is 9.47 Å². The van der Waals surface area contributed by atoms with Crippen molar-refractivity contribution in [3.63, 3.8) is 0 Å². The lowest BCUT2D eigenvalue weighted by Gasteiger charge is -2.27. The molecule has 2 N–H and O–H groups in total. The Morgan fingerprint density at radius 1 is 1.16 bits per heavy atom. The maximum absolute atomic E-state index is 13.2. The van der Waals surface area contributed by atoms with Gasteiger partial charge in [-0.15, -0.1) is 0 Å². The van der Waals surface area contributed by atoms with Crippen molar-refractivity contribution in [3.05, 3.63) is 65.7 Å². The fourth-order valence-corrected chi connectivity index (χ4v) is 3.48. The molecule has 32 heavy (non-hydrogen) atoms. The summed E-state index contributed by atoms with van der Waals surface area (Å²) < 4.78 is 10.7. The number of nitrogens with zero attached hydrogens (tertiary/aromatic N) is 1. The lowest BCUT2D eigenvalue weighted by Crippen LogP contribution is -2.42. The van der Waals surface area contributed by atoms with E-state index in [-0.39, 0.29) is 11.7 Å². The Labute approximate surface area is 189 Å². The minimum Gasteiger partial charge on any atom is -0.497 e. The average Bonchev–Trinajstić information content (AvgIpc) is 2.81. The molecule has 7 heteroatoms. The lowest BCUT2D eigenvalue weighted by molar-refractivity contribution is -0.118. The molecule has 1 fully saturated rings. The van der Waals surface area contributed by atoms with Gasteiger partial charge < -0.3 is 20.1 Å². The van der Waals surface area contributed by atoms with Gasteiger partial charge in [-0.25, -0.2) is 0 Å². The van der Waals surface area contributed by atoms with E-state index >= 15 is 0 Å². The van der Waals surface area contributed by atoms with Gasteiger partial charge in [0.1, 0.15) is 11.8 Å². The summed E-state index contributed by atoms with van der Waals surface area (Å²) in [6.45, 7) is 6.32. The Balaban J connectivity index is 1.71. The molecule has 0 saturated carbocycles. The Hall–Kier alpha value is -3.00. The van der Waals surface area contributed by atoms with Crippen molar-refractivity contribution >= 4 is 23.5 Å². The highest BCUT2D eigenvalue weighted by Gasteiger charge is 2.21. The van der Waals surface area contributed by atoms with Crippen molar-refractivity contribution in [2.45, 2.75) is 13.0 Å². The molecule has 1 atom stereocenters. The summed E-state index contributed by atoms with van der Waals surface area (Å²) in [6.07, 6.45) is 3.30. The van der Waals surface area contributed by atoms with Crippen LogP contribution >= 0.6 is 0 Å². The first-order valence-corrected chi connectivity index (χ1v) is 10.8. The van der Waals surface area contributed by atoms with E-state index in [1.165, 1.54) is 13.0 Å². The quantitative estimate of drug-likeness (QED) is 0.557. The molecule has 0 bridgehead atoms. The Morgan fingerprint density at radius 2 is 1.91 bits per heavy atom. The molecule has 0 aliphatic carbocycles. The monoisotopic (exact) mass is 437 g/mol. The molecule has 7 nitrogen and oxygen atoms in total. The number of nitrogens with one attached hydrogen (secondary N) is 2. The predicted molar refractivity (Wildman–Crippen MR) is 126 cm³/mol. The van der Waals surface area contributed by atoms with Gasteiger partial charge in [-0.3, -0.25) is 14.5 Å². The smallest absolute Gasteiger partial charge is 0.246 e. The molecule has 1 aliphatic heterocycles. The number of ketones is 1. The normalized spacial score (nSPS) is 15.4. The molecular weight excluding hydrogens is 406 g/mol. The minimum atomic E-state index is -0.520. The van der Waals surface area contributed by atoms with Crippen LogP contribution < -0.4 is 15.4 Å². The van der Waals surface area contributed by atoms with Crippen LogP contribution in [0.5, 0.6) is 5.75 Å². The Bertz CT molecular complexity index is 921. The fourth-order valence-electron chi connectivity index (χ4n) is 3.48. The molecule has 170 valence electrons. The summed E-state index contributed by atoms with van der Waals surface area (Å²) >= 11 is 0. The molecule has 1 aliphatic rings. The van der Waals surface area contributed by atoms with Crippen LogP contribution in [0.25, 0.3) is 6.08 Å². The van der Waals surface area contributed by atoms with Gasteiger partial charge in [-0.1, -0.05) is 36.4 Å². The lowest BCUT2D eigenvalue weighted by atomic mass is 10.0. The molecule has 1 unspecified atom stereocenters. The van der Waals surface area contributed by atoms with Crippen molar-refractivity contribution in [2.75, 3.05) is 51.8 Å². The summed E-state index contributed by atoms with van der Waals surface area (Å²) in [5.41, 5.74) is 2.44. The number of ether oxygens (including phenoxy) is 2. The number of hydrogen-bond acceptors (Lipinski definition) is 6. The number of amides is 1. The van der Waals surface area contributed by atoms with Crippen LogP contribution in [0.3, 0.4) is 0 Å². The highest BCUT2D eigenvalue weighted by atomic mass is 16.5. The van der Waals surface area contributed by atoms with Gasteiger partial charge in [0.2, 0.25) is 5.91 Å². The van der Waals surface area contributed by atoms with Gasteiger partial charge in [0.25, 0.3) is 0 Å². The molecule has 1 amide bonds. The molecule has 2 aromatic rings. The largest absolute Gasteiger partial charge is 0.497 e. The third-order valence-electron chi connectivity index (χ3n) is 5.26. The predicted octanol–water partition coefficient (Wildman–Crippen LogP) is 2.90. The number of morpholine rings is 1. The standard InChI is InChI=1S/C25H31N3O4/c1-19(29)6-7-20-8-10-21(11-9-20)24(26-12-13-28-14-16-32-17-15-28)25(30)27-22-4-3-5-23(18-22)31-2/h3-11,18,24,26H,12-17H2,1-2H3,(H,27,30)/b7-6+. The van der Waals surface area contributed by atoms with Crippen LogP contribution in [-0.2, 0) is 14.3 Å². The summed E-state index contributed by atoms with van der Waals surface area (Å²) in [4.78, 5) is 26.7. The Kier molecular flexibility index (Phi) is 8.98. The molecular formula is C25H31N3O4. The van der Waals surface area contributed by atoms with Gasteiger partial charge in [-0.05, 0) is 36.3 Å². The Morgan fingerprint density at radius 3 is 2.59 bits per heavy atom. The molecule has 2 aromatic carbocycles. The van der Waals surface area contributed by atoms with E-state index in [1.54, 1.807) is 19.3 Å². The van der Waals surface area contributed by atoms with E-state index in [0.29, 0.717) is 18.0 Å². The average molecular weight is 438 g/mol. The molecule has 0 aromatic heterocycles. The van der Waals surface area contributed by atoms with Crippen LogP contribution in [-0.4, -0.2) is 63.1 Å². The van der Waals surface area contributed by atoms with Gasteiger partial charge in [-0.2, -0.15) is 0 Å². The SMILES string of the molecule is COc1cccc(NC(=O)C(NCCN2CCOCC2)c2ccc(/C=C/C(C)=O)cc2)c1. The highest BCUT2D eigenvalue weighted by molar-refractivity contribution is 5.96. The minimum absolute atomic E-state index is 0.00519. The zero-order chi connectivity index (χ0) is 22.8. The zero-order valence-electron chi connectivity index (χ0n) is 18.7. The van der Waals surface area contributed by atoms with Crippen molar-refractivity contribution in [2.24, 2.45) is 0 Å². The van der Waals surface area contributed by atoms with Crippen LogP contribution in [0.1, 0.15) is 24.1 Å². The number of allylic oxidation sites excluding steroid dienone is 1. The topological polar surface area (TPSA) is 79.9 Å². The molecule has 0 radical (unpaired) electrons. The van der Waals surface area contributed by atoms with Crippen molar-refractivity contribution in [3.8, 4) is 5.75 Å². The first kappa shape index (κ1) is 23.7. The number of benzene rings is 2. The van der Waals surface area contributed by atoms with E-state index in [0.717, 1.165) is 44.0 Å². The number of carbonyl (C=O) groups excluding carboxylic acids is 2. The van der Waals surface area contributed by atoms with Gasteiger partial charge in [0.05, 0.1) is 20.3 Å². The van der Waals surface area contributed by atoms with Crippen LogP contribution in [0, 0.1) is 0 Å². The summed E-state index contributed by atoms with van der Waals surface area (Å²) in [7, 11) is 1.60. The highest BCUT2D eigenvalue weighted by Crippen LogP contribution is 2.20. The van der Waals surface area contributed by atoms with Crippen molar-refractivity contribution in [1.82, 2.24) is 10.2 Å². The third-order valence-corrected chi connectivity index (χ3v) is 5.26. The first-order valence-electron chi connectivity index (χ1n) is 10.8. The second-order valence-electron chi connectivity index (χ2n) is 7.67. The van der Waals surface area contributed by atoms with Crippen LogP contribution in [0.2, 0.25) is 0 Å². The molecule has 1 saturated heterocycles. The van der Waals surface area contributed by atoms with E-state index in [9.17, 15) is 9.59 Å². The number of methoxy groups -OCH3 is 1. The van der Waals surface area contributed by atoms with Crippen LogP contribution in [0.4, 0.5) is 5.69 Å². The second kappa shape index (κ2) is 12.1. The summed E-state index contributed by atoms with van der Waals surface area (Å²) in [5.74, 6) is 0.530. The maximum Gasteiger partial charge on any atom is 0.246 e. The third kappa shape index (κ3) is 7.30. The number of anilines is 1. The van der Waals surface area contributed by atoms with E-state index in [1.807, 2.05) is 42.5 Å².